The molecule has 9 nitrogen and oxygen atoms in total. The van der Waals surface area contributed by atoms with Crippen molar-refractivity contribution in [2.45, 2.75) is 6.54 Å². The summed E-state index contributed by atoms with van der Waals surface area (Å²) in [6.07, 6.45) is 3.20. The van der Waals surface area contributed by atoms with Gasteiger partial charge in [0.1, 0.15) is 5.69 Å². The van der Waals surface area contributed by atoms with Crippen LogP contribution in [0.1, 0.15) is 10.5 Å². The lowest BCUT2D eigenvalue weighted by Crippen LogP contribution is -2.52. The molecule has 1 amide bonds. The van der Waals surface area contributed by atoms with Crippen molar-refractivity contribution < 1.29 is 13.2 Å². The van der Waals surface area contributed by atoms with E-state index in [1.54, 1.807) is 22.0 Å². The maximum atomic E-state index is 12.2. The molecule has 10 heteroatoms. The Kier molecular flexibility index (Phi) is 4.38. The fraction of sp³-hybridized carbons (Fsp3) is 0.600. The molecule has 0 aromatic carbocycles. The normalized spacial score (nSPS) is 17.4. The highest BCUT2D eigenvalue weighted by Gasteiger charge is 2.27. The highest BCUT2D eigenvalue weighted by Crippen LogP contribution is 2.08. The summed E-state index contributed by atoms with van der Waals surface area (Å²) in [5.41, 5.74) is 5.76. The zero-order chi connectivity index (χ0) is 14.8. The van der Waals surface area contributed by atoms with E-state index in [0.717, 1.165) is 4.31 Å². The Hall–Kier alpha value is -1.49. The van der Waals surface area contributed by atoms with Crippen LogP contribution in [0.5, 0.6) is 0 Å². The number of nitrogens with zero attached hydrogens (tertiary/aromatic N) is 4. The molecule has 1 aliphatic heterocycles. The van der Waals surface area contributed by atoms with Gasteiger partial charge >= 0.3 is 0 Å². The van der Waals surface area contributed by atoms with Gasteiger partial charge in [-0.25, -0.2) is 10.1 Å². The van der Waals surface area contributed by atoms with Crippen molar-refractivity contribution in [1.29, 1.82) is 0 Å². The molecule has 20 heavy (non-hydrogen) atoms. The number of carbonyl (C=O) groups is 1. The van der Waals surface area contributed by atoms with E-state index in [1.807, 2.05) is 0 Å². The van der Waals surface area contributed by atoms with Crippen molar-refractivity contribution in [3.8, 4) is 0 Å². The first kappa shape index (κ1) is 14.9. The van der Waals surface area contributed by atoms with Gasteiger partial charge in [0.15, 0.2) is 0 Å². The Labute approximate surface area is 117 Å². The molecular weight excluding hydrogens is 284 g/mol. The maximum Gasteiger partial charge on any atom is 0.277 e. The quantitative estimate of drug-likeness (QED) is 0.652. The molecule has 1 fully saturated rings. The van der Waals surface area contributed by atoms with Gasteiger partial charge in [-0.15, -0.1) is 0 Å². The van der Waals surface area contributed by atoms with Crippen LogP contribution in [0.25, 0.3) is 0 Å². The SMILES string of the molecule is NCCn1cnc(C(=O)N2CCN(S(N)(=O)=O)CC2)c1. The average molecular weight is 302 g/mol. The molecule has 1 aliphatic rings. The molecule has 0 unspecified atom stereocenters. The maximum absolute atomic E-state index is 12.2. The van der Waals surface area contributed by atoms with Crippen molar-refractivity contribution in [1.82, 2.24) is 18.8 Å². The minimum absolute atomic E-state index is 0.202. The molecule has 1 saturated heterocycles. The predicted molar refractivity (Wildman–Crippen MR) is 71.9 cm³/mol. The monoisotopic (exact) mass is 302 g/mol. The van der Waals surface area contributed by atoms with Crippen LogP contribution in [-0.4, -0.2) is 65.8 Å². The number of aromatic nitrogens is 2. The number of hydrogen-bond donors (Lipinski definition) is 2. The number of rotatable bonds is 4. The number of amides is 1. The van der Waals surface area contributed by atoms with Crippen LogP contribution in [0, 0.1) is 0 Å². The van der Waals surface area contributed by atoms with Gasteiger partial charge in [0.05, 0.1) is 6.33 Å². The Morgan fingerprint density at radius 2 is 1.95 bits per heavy atom. The van der Waals surface area contributed by atoms with Crippen LogP contribution in [0.2, 0.25) is 0 Å². The van der Waals surface area contributed by atoms with Crippen molar-refractivity contribution in [2.24, 2.45) is 10.9 Å². The summed E-state index contributed by atoms with van der Waals surface area (Å²) < 4.78 is 25.3. The average Bonchev–Trinajstić information content (AvgIpc) is 2.86. The fourth-order valence-corrected chi connectivity index (χ4v) is 2.72. The third-order valence-electron chi connectivity index (χ3n) is 3.13. The van der Waals surface area contributed by atoms with Gasteiger partial charge in [0.2, 0.25) is 0 Å². The molecule has 0 bridgehead atoms. The summed E-state index contributed by atoms with van der Waals surface area (Å²) >= 11 is 0. The Balaban J connectivity index is 1.97. The molecule has 0 atom stereocenters. The van der Waals surface area contributed by atoms with E-state index in [2.05, 4.69) is 4.98 Å². The van der Waals surface area contributed by atoms with Crippen LogP contribution >= 0.6 is 0 Å². The summed E-state index contributed by atoms with van der Waals surface area (Å²) in [4.78, 5) is 17.8. The summed E-state index contributed by atoms with van der Waals surface area (Å²) in [6, 6.07) is 0. The summed E-state index contributed by atoms with van der Waals surface area (Å²) in [6.45, 7) is 2.08. The van der Waals surface area contributed by atoms with Gasteiger partial charge in [0, 0.05) is 45.5 Å². The third kappa shape index (κ3) is 3.33. The summed E-state index contributed by atoms with van der Waals surface area (Å²) in [5, 5.41) is 5.05. The second kappa shape index (κ2) is 5.87. The highest BCUT2D eigenvalue weighted by molar-refractivity contribution is 7.86. The number of imidazole rings is 1. The molecule has 4 N–H and O–H groups in total. The van der Waals surface area contributed by atoms with Gasteiger partial charge in [-0.05, 0) is 0 Å². The second-order valence-corrected chi connectivity index (χ2v) is 6.07. The van der Waals surface area contributed by atoms with E-state index < -0.39 is 10.2 Å². The van der Waals surface area contributed by atoms with Gasteiger partial charge in [-0.3, -0.25) is 4.79 Å². The van der Waals surface area contributed by atoms with Crippen LogP contribution in [0.3, 0.4) is 0 Å². The topological polar surface area (TPSA) is 128 Å². The van der Waals surface area contributed by atoms with Gasteiger partial charge < -0.3 is 15.2 Å². The molecule has 2 rings (SSSR count). The first-order chi connectivity index (χ1) is 9.41. The van der Waals surface area contributed by atoms with Gasteiger partial charge in [0.25, 0.3) is 16.1 Å². The van der Waals surface area contributed by atoms with Gasteiger partial charge in [-0.1, -0.05) is 0 Å². The second-order valence-electron chi connectivity index (χ2n) is 4.52. The van der Waals surface area contributed by atoms with Crippen LogP contribution in [0.15, 0.2) is 12.5 Å². The van der Waals surface area contributed by atoms with Crippen molar-refractivity contribution in [3.05, 3.63) is 18.2 Å². The summed E-state index contributed by atoms with van der Waals surface area (Å²) in [7, 11) is -3.68. The lowest BCUT2D eigenvalue weighted by molar-refractivity contribution is 0.0692. The van der Waals surface area contributed by atoms with E-state index in [1.165, 1.54) is 0 Å². The van der Waals surface area contributed by atoms with Crippen molar-refractivity contribution in [3.63, 3.8) is 0 Å². The highest BCUT2D eigenvalue weighted by atomic mass is 32.2. The molecule has 0 spiro atoms. The van der Waals surface area contributed by atoms with E-state index >= 15 is 0 Å². The number of hydrogen-bond acceptors (Lipinski definition) is 5. The molecule has 2 heterocycles. The number of carbonyl (C=O) groups excluding carboxylic acids is 1. The Morgan fingerprint density at radius 3 is 2.50 bits per heavy atom. The van der Waals surface area contributed by atoms with E-state index in [9.17, 15) is 13.2 Å². The van der Waals surface area contributed by atoms with Crippen molar-refractivity contribution >= 4 is 16.1 Å². The minimum Gasteiger partial charge on any atom is -0.335 e. The smallest absolute Gasteiger partial charge is 0.277 e. The lowest BCUT2D eigenvalue weighted by Gasteiger charge is -2.32. The summed E-state index contributed by atoms with van der Waals surface area (Å²) in [5.74, 6) is -0.213. The van der Waals surface area contributed by atoms with Gasteiger partial charge in [-0.2, -0.15) is 12.7 Å². The lowest BCUT2D eigenvalue weighted by atomic mass is 10.3. The number of piperazine rings is 1. The first-order valence-electron chi connectivity index (χ1n) is 6.21. The third-order valence-corrected chi connectivity index (χ3v) is 4.21. The Bertz CT molecular complexity index is 576. The number of nitrogens with two attached hydrogens (primary N) is 2. The zero-order valence-electron chi connectivity index (χ0n) is 11.0. The predicted octanol–water partition coefficient (Wildman–Crippen LogP) is -2.20. The minimum atomic E-state index is -3.68. The van der Waals surface area contributed by atoms with E-state index in [4.69, 9.17) is 10.9 Å². The first-order valence-corrected chi connectivity index (χ1v) is 7.71. The van der Waals surface area contributed by atoms with Crippen LogP contribution in [-0.2, 0) is 16.8 Å². The standard InChI is InChI=1S/C10H18N6O3S/c11-1-2-14-7-9(13-8-14)10(17)15-3-5-16(6-4-15)20(12,18)19/h7-8H,1-6,11H2,(H2,12,18,19). The van der Waals surface area contributed by atoms with E-state index in [-0.39, 0.29) is 19.0 Å². The molecule has 0 saturated carbocycles. The van der Waals surface area contributed by atoms with E-state index in [0.29, 0.717) is 31.9 Å². The molecule has 112 valence electrons. The largest absolute Gasteiger partial charge is 0.335 e. The molecule has 0 aliphatic carbocycles. The van der Waals surface area contributed by atoms with Crippen molar-refractivity contribution in [2.75, 3.05) is 32.7 Å². The molecule has 1 aromatic rings. The zero-order valence-corrected chi connectivity index (χ0v) is 11.8. The molecular formula is C10H18N6O3S. The molecule has 1 aromatic heterocycles. The Morgan fingerprint density at radius 1 is 1.30 bits per heavy atom. The molecule has 0 radical (unpaired) electrons. The van der Waals surface area contributed by atoms with Crippen LogP contribution < -0.4 is 10.9 Å². The fourth-order valence-electron chi connectivity index (χ4n) is 2.05. The van der Waals surface area contributed by atoms with Crippen LogP contribution in [0.4, 0.5) is 0 Å².